The summed E-state index contributed by atoms with van der Waals surface area (Å²) in [4.78, 5) is 30.0. The van der Waals surface area contributed by atoms with Crippen LogP contribution in [0.4, 0.5) is 4.79 Å². The number of nitrogens with zero attached hydrogens (tertiary/aromatic N) is 1. The van der Waals surface area contributed by atoms with Crippen molar-refractivity contribution in [3.63, 3.8) is 0 Å². The molecule has 4 N–H and O–H groups in total. The standard InChI is InChI=1S/C6H10N2O2.C2H2O4/c9-5(10)8-3-6(4-8)1-7-2-6;3-1(4)2(5)6/h7H,1-4H2,(H,9,10);(H,3,4)(H,5,6). The number of hydrogen-bond donors (Lipinski definition) is 4. The van der Waals surface area contributed by atoms with Gasteiger partial charge in [0, 0.05) is 31.6 Å². The molecule has 8 heteroatoms. The van der Waals surface area contributed by atoms with Crippen molar-refractivity contribution in [3.8, 4) is 0 Å². The van der Waals surface area contributed by atoms with Gasteiger partial charge in [-0.1, -0.05) is 0 Å². The van der Waals surface area contributed by atoms with Crippen LogP contribution < -0.4 is 5.32 Å². The van der Waals surface area contributed by atoms with Gasteiger partial charge >= 0.3 is 18.0 Å². The van der Waals surface area contributed by atoms with Gasteiger partial charge in [-0.05, 0) is 0 Å². The van der Waals surface area contributed by atoms with Crippen LogP contribution in [0.25, 0.3) is 0 Å². The lowest BCUT2D eigenvalue weighted by atomic mass is 9.75. The Morgan fingerprint density at radius 2 is 1.44 bits per heavy atom. The van der Waals surface area contributed by atoms with Gasteiger partial charge in [0.25, 0.3) is 0 Å². The molecule has 0 aromatic carbocycles. The highest BCUT2D eigenvalue weighted by molar-refractivity contribution is 6.27. The fraction of sp³-hybridized carbons (Fsp3) is 0.625. The molecule has 2 fully saturated rings. The van der Waals surface area contributed by atoms with E-state index in [-0.39, 0.29) is 0 Å². The lowest BCUT2D eigenvalue weighted by Crippen LogP contribution is -2.71. The zero-order chi connectivity index (χ0) is 12.3. The highest BCUT2D eigenvalue weighted by Crippen LogP contribution is 2.33. The molecule has 1 spiro atoms. The first-order valence-electron chi connectivity index (χ1n) is 4.51. The molecule has 16 heavy (non-hydrogen) atoms. The Morgan fingerprint density at radius 3 is 1.62 bits per heavy atom. The number of amides is 1. The van der Waals surface area contributed by atoms with Crippen molar-refractivity contribution >= 4 is 18.0 Å². The van der Waals surface area contributed by atoms with E-state index in [4.69, 9.17) is 24.9 Å². The molecular formula is C8H12N2O6. The van der Waals surface area contributed by atoms with Gasteiger partial charge in [-0.2, -0.15) is 0 Å². The summed E-state index contributed by atoms with van der Waals surface area (Å²) >= 11 is 0. The summed E-state index contributed by atoms with van der Waals surface area (Å²) in [6.45, 7) is 3.46. The second-order valence-corrected chi connectivity index (χ2v) is 3.85. The molecule has 90 valence electrons. The Balaban J connectivity index is 0.000000187. The Labute approximate surface area is 90.5 Å². The Kier molecular flexibility index (Phi) is 3.33. The van der Waals surface area contributed by atoms with Crippen molar-refractivity contribution in [2.75, 3.05) is 26.2 Å². The third-order valence-corrected chi connectivity index (χ3v) is 2.51. The fourth-order valence-electron chi connectivity index (χ4n) is 1.60. The van der Waals surface area contributed by atoms with Crippen LogP contribution in [0.5, 0.6) is 0 Å². The van der Waals surface area contributed by atoms with Gasteiger partial charge in [0.05, 0.1) is 0 Å². The predicted octanol–water partition coefficient (Wildman–Crippen LogP) is -1.27. The van der Waals surface area contributed by atoms with Gasteiger partial charge in [-0.25, -0.2) is 14.4 Å². The smallest absolute Gasteiger partial charge is 0.414 e. The first kappa shape index (κ1) is 12.2. The summed E-state index contributed by atoms with van der Waals surface area (Å²) in [5.74, 6) is -3.65. The van der Waals surface area contributed by atoms with Crippen LogP contribution >= 0.6 is 0 Å². The normalized spacial score (nSPS) is 19.9. The summed E-state index contributed by atoms with van der Waals surface area (Å²) in [6.07, 6.45) is -0.780. The summed E-state index contributed by atoms with van der Waals surface area (Å²) in [6, 6.07) is 0. The third kappa shape index (κ3) is 2.60. The molecular weight excluding hydrogens is 220 g/mol. The molecule has 0 aliphatic carbocycles. The second kappa shape index (κ2) is 4.35. The molecule has 2 heterocycles. The number of hydrogen-bond acceptors (Lipinski definition) is 4. The van der Waals surface area contributed by atoms with Crippen molar-refractivity contribution in [1.82, 2.24) is 10.2 Å². The van der Waals surface area contributed by atoms with Gasteiger partial charge in [0.1, 0.15) is 0 Å². The molecule has 8 nitrogen and oxygen atoms in total. The summed E-state index contributed by atoms with van der Waals surface area (Å²) in [5.41, 5.74) is 0.332. The lowest BCUT2D eigenvalue weighted by molar-refractivity contribution is -0.159. The molecule has 2 aliphatic rings. The van der Waals surface area contributed by atoms with E-state index in [0.29, 0.717) is 5.41 Å². The SMILES string of the molecule is O=C(O)C(=O)O.O=C(O)N1CC2(CNC2)C1. The van der Waals surface area contributed by atoms with Crippen molar-refractivity contribution < 1.29 is 29.7 Å². The number of likely N-dealkylation sites (tertiary alicyclic amines) is 1. The predicted molar refractivity (Wildman–Crippen MR) is 50.2 cm³/mol. The number of rotatable bonds is 0. The van der Waals surface area contributed by atoms with Gasteiger partial charge in [-0.15, -0.1) is 0 Å². The molecule has 2 saturated heterocycles. The van der Waals surface area contributed by atoms with Crippen LogP contribution in [-0.4, -0.2) is 64.4 Å². The largest absolute Gasteiger partial charge is 0.473 e. The summed E-state index contributed by atoms with van der Waals surface area (Å²) < 4.78 is 0. The Hall–Kier alpha value is -1.83. The van der Waals surface area contributed by atoms with Crippen molar-refractivity contribution in [2.24, 2.45) is 5.41 Å². The van der Waals surface area contributed by atoms with Gasteiger partial charge < -0.3 is 25.5 Å². The van der Waals surface area contributed by atoms with Crippen molar-refractivity contribution in [1.29, 1.82) is 0 Å². The maximum absolute atomic E-state index is 10.3. The van der Waals surface area contributed by atoms with Gasteiger partial charge in [0.15, 0.2) is 0 Å². The molecule has 2 rings (SSSR count). The average molecular weight is 232 g/mol. The molecule has 0 bridgehead atoms. The van der Waals surface area contributed by atoms with Crippen LogP contribution in [-0.2, 0) is 9.59 Å². The van der Waals surface area contributed by atoms with E-state index in [1.807, 2.05) is 0 Å². The van der Waals surface area contributed by atoms with E-state index in [1.54, 1.807) is 0 Å². The molecule has 0 saturated carbocycles. The van der Waals surface area contributed by atoms with Crippen LogP contribution in [0.1, 0.15) is 0 Å². The quantitative estimate of drug-likeness (QED) is 0.383. The molecule has 0 unspecified atom stereocenters. The topological polar surface area (TPSA) is 127 Å². The first-order valence-corrected chi connectivity index (χ1v) is 4.51. The number of carboxylic acid groups (broad SMARTS) is 3. The minimum atomic E-state index is -1.82. The van der Waals surface area contributed by atoms with Crippen LogP contribution in [0, 0.1) is 5.41 Å². The Bertz CT molecular complexity index is 304. The summed E-state index contributed by atoms with van der Waals surface area (Å²) in [5, 5.41) is 26.4. The minimum absolute atomic E-state index is 0.332. The van der Waals surface area contributed by atoms with Crippen molar-refractivity contribution in [2.45, 2.75) is 0 Å². The average Bonchev–Trinajstić information content (AvgIpc) is 1.98. The van der Waals surface area contributed by atoms with E-state index in [9.17, 15) is 4.79 Å². The summed E-state index contributed by atoms with van der Waals surface area (Å²) in [7, 11) is 0. The zero-order valence-corrected chi connectivity index (χ0v) is 8.34. The van der Waals surface area contributed by atoms with Crippen LogP contribution in [0.2, 0.25) is 0 Å². The number of nitrogens with one attached hydrogen (secondary N) is 1. The van der Waals surface area contributed by atoms with E-state index in [2.05, 4.69) is 5.32 Å². The molecule has 0 aromatic heterocycles. The van der Waals surface area contributed by atoms with E-state index in [1.165, 1.54) is 4.90 Å². The third-order valence-electron chi connectivity index (χ3n) is 2.51. The molecule has 0 aromatic rings. The number of carbonyl (C=O) groups is 3. The fourth-order valence-corrected chi connectivity index (χ4v) is 1.60. The van der Waals surface area contributed by atoms with Gasteiger partial charge in [0.2, 0.25) is 0 Å². The maximum Gasteiger partial charge on any atom is 0.414 e. The van der Waals surface area contributed by atoms with Crippen LogP contribution in [0.3, 0.4) is 0 Å². The van der Waals surface area contributed by atoms with Gasteiger partial charge in [-0.3, -0.25) is 0 Å². The molecule has 1 amide bonds. The second-order valence-electron chi connectivity index (χ2n) is 3.85. The first-order chi connectivity index (χ1) is 7.36. The highest BCUT2D eigenvalue weighted by Gasteiger charge is 2.49. The minimum Gasteiger partial charge on any atom is -0.473 e. The number of carboxylic acids is 2. The number of aliphatic carboxylic acids is 2. The Morgan fingerprint density at radius 1 is 1.00 bits per heavy atom. The highest BCUT2D eigenvalue weighted by atomic mass is 16.4. The molecule has 0 radical (unpaired) electrons. The zero-order valence-electron chi connectivity index (χ0n) is 8.34. The van der Waals surface area contributed by atoms with Crippen molar-refractivity contribution in [3.05, 3.63) is 0 Å². The maximum atomic E-state index is 10.3. The molecule has 0 atom stereocenters. The van der Waals surface area contributed by atoms with E-state index < -0.39 is 18.0 Å². The molecule has 2 aliphatic heterocycles. The van der Waals surface area contributed by atoms with Crippen LogP contribution in [0.15, 0.2) is 0 Å². The lowest BCUT2D eigenvalue weighted by Gasteiger charge is -2.54. The monoisotopic (exact) mass is 232 g/mol. The van der Waals surface area contributed by atoms with E-state index in [0.717, 1.165) is 26.2 Å². The van der Waals surface area contributed by atoms with E-state index >= 15 is 0 Å².